The summed E-state index contributed by atoms with van der Waals surface area (Å²) in [6.45, 7) is 4.11. The average molecular weight is 444 g/mol. The van der Waals surface area contributed by atoms with E-state index in [2.05, 4.69) is 39.8 Å². The number of aryl methyl sites for hydroxylation is 1. The zero-order chi connectivity index (χ0) is 22.2. The summed E-state index contributed by atoms with van der Waals surface area (Å²) < 4.78 is 17.0. The Morgan fingerprint density at radius 3 is 2.34 bits per heavy atom. The minimum atomic E-state index is -0.318. The van der Waals surface area contributed by atoms with Crippen LogP contribution in [0.3, 0.4) is 0 Å². The van der Waals surface area contributed by atoms with Crippen LogP contribution in [0.5, 0.6) is 0 Å². The molecule has 1 aromatic carbocycles. The lowest BCUT2D eigenvalue weighted by atomic mass is 9.96. The summed E-state index contributed by atoms with van der Waals surface area (Å²) in [6, 6.07) is 20.0. The van der Waals surface area contributed by atoms with E-state index < -0.39 is 0 Å². The van der Waals surface area contributed by atoms with E-state index in [-0.39, 0.29) is 17.9 Å². The van der Waals surface area contributed by atoms with E-state index in [4.69, 9.17) is 12.2 Å². The van der Waals surface area contributed by atoms with Crippen molar-refractivity contribution in [2.24, 2.45) is 0 Å². The zero-order valence-corrected chi connectivity index (χ0v) is 18.6. The van der Waals surface area contributed by atoms with Gasteiger partial charge in [0.05, 0.1) is 23.5 Å². The molecule has 0 radical (unpaired) electrons. The quantitative estimate of drug-likeness (QED) is 0.439. The average Bonchev–Trinajstić information content (AvgIpc) is 3.30. The first-order chi connectivity index (χ1) is 15.6. The molecule has 4 heterocycles. The Morgan fingerprint density at radius 1 is 0.938 bits per heavy atom. The molecule has 0 aliphatic carbocycles. The summed E-state index contributed by atoms with van der Waals surface area (Å²) in [5.41, 5.74) is 4.40. The van der Waals surface area contributed by atoms with Crippen molar-refractivity contribution in [2.45, 2.75) is 25.9 Å². The maximum atomic E-state index is 14.9. The van der Waals surface area contributed by atoms with Gasteiger partial charge in [0, 0.05) is 23.8 Å². The molecule has 4 aromatic rings. The number of halogens is 1. The second kappa shape index (κ2) is 8.16. The molecular weight excluding hydrogens is 421 g/mol. The zero-order valence-electron chi connectivity index (χ0n) is 17.7. The minimum absolute atomic E-state index is 0.235. The first-order valence-corrected chi connectivity index (χ1v) is 10.8. The maximum Gasteiger partial charge on any atom is 0.174 e. The molecule has 0 amide bonds. The Morgan fingerprint density at radius 2 is 1.66 bits per heavy atom. The SMILES string of the molecule is Cc1cc([C@H]2[C@@H](c3ccccn3)NC(=S)N2c2ccccc2F)c(C)n1-c1ccccn1. The standard InChI is InChI=1S/C25H22FN5S/c1-16-15-18(17(2)30(16)22-12-6-8-14-28-22)24-23(20-10-5-7-13-27-20)29-25(32)31(24)21-11-4-3-9-19(21)26/h3-15,23-24H,1-2H3,(H,29,32)/t23-,24+/m1/s1. The van der Waals surface area contributed by atoms with E-state index in [9.17, 15) is 4.39 Å². The fourth-order valence-corrected chi connectivity index (χ4v) is 4.84. The van der Waals surface area contributed by atoms with Crippen LogP contribution < -0.4 is 10.2 Å². The Hall–Kier alpha value is -3.58. The molecule has 32 heavy (non-hydrogen) atoms. The Kier molecular flexibility index (Phi) is 5.19. The summed E-state index contributed by atoms with van der Waals surface area (Å²) in [5, 5.41) is 3.86. The topological polar surface area (TPSA) is 46.0 Å². The van der Waals surface area contributed by atoms with E-state index in [1.165, 1.54) is 6.07 Å². The molecule has 0 unspecified atom stereocenters. The summed E-state index contributed by atoms with van der Waals surface area (Å²) in [5.74, 6) is 0.524. The number of thiocarbonyl (C=S) groups is 1. The van der Waals surface area contributed by atoms with Crippen LogP contribution in [0.2, 0.25) is 0 Å². The largest absolute Gasteiger partial charge is 0.351 e. The van der Waals surface area contributed by atoms with Crippen molar-refractivity contribution >= 4 is 23.0 Å². The van der Waals surface area contributed by atoms with Gasteiger partial charge in [-0.1, -0.05) is 24.3 Å². The predicted octanol–water partition coefficient (Wildman–Crippen LogP) is 5.20. The summed E-state index contributed by atoms with van der Waals surface area (Å²) >= 11 is 5.71. The number of para-hydroxylation sites is 1. The van der Waals surface area contributed by atoms with Crippen LogP contribution in [-0.2, 0) is 0 Å². The summed E-state index contributed by atoms with van der Waals surface area (Å²) in [4.78, 5) is 11.0. The van der Waals surface area contributed by atoms with Crippen molar-refractivity contribution < 1.29 is 4.39 Å². The van der Waals surface area contributed by atoms with Crippen molar-refractivity contribution in [3.05, 3.63) is 108 Å². The summed E-state index contributed by atoms with van der Waals surface area (Å²) in [6.07, 6.45) is 3.54. The molecule has 0 spiro atoms. The van der Waals surface area contributed by atoms with Gasteiger partial charge < -0.3 is 14.8 Å². The fraction of sp³-hybridized carbons (Fsp3) is 0.160. The molecular formula is C25H22FN5S. The third-order valence-electron chi connectivity index (χ3n) is 5.88. The second-order valence-corrected chi connectivity index (χ2v) is 8.18. The minimum Gasteiger partial charge on any atom is -0.351 e. The van der Waals surface area contributed by atoms with Gasteiger partial charge in [-0.2, -0.15) is 0 Å². The predicted molar refractivity (Wildman–Crippen MR) is 127 cm³/mol. The van der Waals surface area contributed by atoms with Crippen LogP contribution in [0.4, 0.5) is 10.1 Å². The molecule has 0 bridgehead atoms. The number of pyridine rings is 2. The normalized spacial score (nSPS) is 18.1. The monoisotopic (exact) mass is 443 g/mol. The molecule has 7 heteroatoms. The second-order valence-electron chi connectivity index (χ2n) is 7.80. The third-order valence-corrected chi connectivity index (χ3v) is 6.19. The van der Waals surface area contributed by atoms with Crippen molar-refractivity contribution in [1.82, 2.24) is 19.9 Å². The van der Waals surface area contributed by atoms with Crippen molar-refractivity contribution in [1.29, 1.82) is 0 Å². The fourth-order valence-electron chi connectivity index (χ4n) is 4.50. The van der Waals surface area contributed by atoms with Gasteiger partial charge in [-0.25, -0.2) is 9.37 Å². The van der Waals surface area contributed by atoms with E-state index in [0.29, 0.717) is 10.8 Å². The van der Waals surface area contributed by atoms with Crippen LogP contribution in [0, 0.1) is 19.7 Å². The molecule has 5 rings (SSSR count). The Balaban J connectivity index is 1.70. The van der Waals surface area contributed by atoms with Gasteiger partial charge in [-0.3, -0.25) is 4.98 Å². The van der Waals surface area contributed by atoms with Crippen molar-refractivity contribution in [2.75, 3.05) is 4.90 Å². The summed E-state index contributed by atoms with van der Waals surface area (Å²) in [7, 11) is 0. The van der Waals surface area contributed by atoms with Crippen molar-refractivity contribution in [3.63, 3.8) is 0 Å². The van der Waals surface area contributed by atoms with Gasteiger partial charge >= 0.3 is 0 Å². The van der Waals surface area contributed by atoms with Gasteiger partial charge in [-0.15, -0.1) is 0 Å². The first kappa shape index (κ1) is 20.3. The van der Waals surface area contributed by atoms with Crippen LogP contribution in [0.1, 0.15) is 34.7 Å². The highest BCUT2D eigenvalue weighted by molar-refractivity contribution is 7.80. The number of benzene rings is 1. The van der Waals surface area contributed by atoms with Crippen LogP contribution in [0.25, 0.3) is 5.82 Å². The van der Waals surface area contributed by atoms with Gasteiger partial charge in [0.25, 0.3) is 0 Å². The number of hydrogen-bond acceptors (Lipinski definition) is 3. The highest BCUT2D eigenvalue weighted by Gasteiger charge is 2.43. The molecule has 1 fully saturated rings. The Bertz CT molecular complexity index is 1270. The number of aromatic nitrogens is 3. The van der Waals surface area contributed by atoms with Gasteiger partial charge in [0.15, 0.2) is 5.11 Å². The molecule has 1 aliphatic rings. The Labute approximate surface area is 191 Å². The van der Waals surface area contributed by atoms with Gasteiger partial charge in [-0.05, 0) is 74.1 Å². The molecule has 2 atom stereocenters. The molecule has 1 N–H and O–H groups in total. The van der Waals surface area contributed by atoms with Gasteiger partial charge in [0.2, 0.25) is 0 Å². The van der Waals surface area contributed by atoms with Crippen LogP contribution in [0.15, 0.2) is 79.1 Å². The van der Waals surface area contributed by atoms with E-state index in [0.717, 1.165) is 28.5 Å². The molecule has 160 valence electrons. The van der Waals surface area contributed by atoms with E-state index in [1.807, 2.05) is 47.4 Å². The van der Waals surface area contributed by atoms with E-state index >= 15 is 0 Å². The number of anilines is 1. The lowest BCUT2D eigenvalue weighted by Crippen LogP contribution is -2.30. The molecule has 1 aliphatic heterocycles. The number of nitrogens with one attached hydrogen (secondary N) is 1. The molecule has 3 aromatic heterocycles. The number of rotatable bonds is 4. The van der Waals surface area contributed by atoms with Crippen LogP contribution in [-0.4, -0.2) is 19.6 Å². The highest BCUT2D eigenvalue weighted by Crippen LogP contribution is 2.44. The lowest BCUT2D eigenvalue weighted by Gasteiger charge is -2.28. The molecule has 1 saturated heterocycles. The van der Waals surface area contributed by atoms with Crippen molar-refractivity contribution in [3.8, 4) is 5.82 Å². The van der Waals surface area contributed by atoms with E-state index in [1.54, 1.807) is 24.5 Å². The lowest BCUT2D eigenvalue weighted by molar-refractivity contribution is 0.556. The number of nitrogens with zero attached hydrogens (tertiary/aromatic N) is 4. The molecule has 0 saturated carbocycles. The highest BCUT2D eigenvalue weighted by atomic mass is 32.1. The smallest absolute Gasteiger partial charge is 0.174 e. The maximum absolute atomic E-state index is 14.9. The van der Waals surface area contributed by atoms with Crippen LogP contribution >= 0.6 is 12.2 Å². The first-order valence-electron chi connectivity index (χ1n) is 10.4. The van der Waals surface area contributed by atoms with Gasteiger partial charge in [0.1, 0.15) is 11.6 Å². The molecule has 5 nitrogen and oxygen atoms in total. The number of hydrogen-bond donors (Lipinski definition) is 1. The third kappa shape index (κ3) is 3.35.